The maximum Gasteiger partial charge on any atom is 0.237 e. The zero-order chi connectivity index (χ0) is 12.8. The molecule has 98 valence electrons. The third-order valence-corrected chi connectivity index (χ3v) is 3.10. The number of nitrogens with zero attached hydrogens (tertiary/aromatic N) is 1. The van der Waals surface area contributed by atoms with Gasteiger partial charge in [-0.25, -0.2) is 4.98 Å². The highest BCUT2D eigenvalue weighted by molar-refractivity contribution is 5.81. The van der Waals surface area contributed by atoms with Crippen LogP contribution in [0, 0.1) is 0 Å². The van der Waals surface area contributed by atoms with E-state index in [1.54, 1.807) is 13.3 Å². The fraction of sp³-hybridized carbons (Fsp3) is 0.538. The van der Waals surface area contributed by atoms with E-state index in [1.165, 1.54) is 0 Å². The van der Waals surface area contributed by atoms with Crippen molar-refractivity contribution in [2.24, 2.45) is 0 Å². The lowest BCUT2D eigenvalue weighted by Gasteiger charge is -2.22. The first-order valence-electron chi connectivity index (χ1n) is 6.29. The van der Waals surface area contributed by atoms with Crippen LogP contribution in [0.1, 0.15) is 24.8 Å². The number of methoxy groups -OCH3 is 1. The molecule has 1 fully saturated rings. The van der Waals surface area contributed by atoms with Gasteiger partial charge in [0.25, 0.3) is 0 Å². The van der Waals surface area contributed by atoms with Gasteiger partial charge in [0.15, 0.2) is 0 Å². The highest BCUT2D eigenvalue weighted by atomic mass is 16.5. The molecule has 5 nitrogen and oxygen atoms in total. The maximum absolute atomic E-state index is 11.9. The molecule has 1 aliphatic heterocycles. The first-order chi connectivity index (χ1) is 8.79. The van der Waals surface area contributed by atoms with Gasteiger partial charge in [-0.1, -0.05) is 6.42 Å². The summed E-state index contributed by atoms with van der Waals surface area (Å²) < 4.78 is 5.04. The van der Waals surface area contributed by atoms with Crippen LogP contribution in [-0.2, 0) is 11.3 Å². The first-order valence-corrected chi connectivity index (χ1v) is 6.29. The molecule has 5 heteroatoms. The Balaban J connectivity index is 1.84. The Morgan fingerprint density at radius 1 is 1.61 bits per heavy atom. The number of aromatic nitrogens is 1. The summed E-state index contributed by atoms with van der Waals surface area (Å²) in [5, 5.41) is 6.16. The number of carbonyl (C=O) groups excluding carboxylic acids is 1. The molecule has 0 spiro atoms. The van der Waals surface area contributed by atoms with E-state index < -0.39 is 0 Å². The summed E-state index contributed by atoms with van der Waals surface area (Å²) in [6.07, 6.45) is 4.88. The van der Waals surface area contributed by atoms with Crippen molar-refractivity contribution in [3.63, 3.8) is 0 Å². The van der Waals surface area contributed by atoms with Crippen molar-refractivity contribution in [1.82, 2.24) is 15.6 Å². The van der Waals surface area contributed by atoms with Crippen LogP contribution >= 0.6 is 0 Å². The topological polar surface area (TPSA) is 63.2 Å². The van der Waals surface area contributed by atoms with Gasteiger partial charge in [0.1, 0.15) is 0 Å². The zero-order valence-corrected chi connectivity index (χ0v) is 10.6. The van der Waals surface area contributed by atoms with E-state index in [4.69, 9.17) is 4.74 Å². The van der Waals surface area contributed by atoms with Crippen LogP contribution in [0.25, 0.3) is 0 Å². The van der Waals surface area contributed by atoms with Crippen molar-refractivity contribution in [2.75, 3.05) is 13.7 Å². The normalized spacial score (nSPS) is 19.3. The molecule has 2 N–H and O–H groups in total. The van der Waals surface area contributed by atoms with Crippen molar-refractivity contribution < 1.29 is 9.53 Å². The fourth-order valence-electron chi connectivity index (χ4n) is 2.06. The van der Waals surface area contributed by atoms with Crippen molar-refractivity contribution in [1.29, 1.82) is 0 Å². The van der Waals surface area contributed by atoms with Crippen molar-refractivity contribution >= 4 is 5.91 Å². The minimum absolute atomic E-state index is 0.0394. The van der Waals surface area contributed by atoms with Gasteiger partial charge in [-0.05, 0) is 31.0 Å². The number of hydrogen-bond acceptors (Lipinski definition) is 4. The monoisotopic (exact) mass is 249 g/mol. The van der Waals surface area contributed by atoms with Crippen molar-refractivity contribution in [3.05, 3.63) is 23.9 Å². The molecular weight excluding hydrogens is 230 g/mol. The lowest BCUT2D eigenvalue weighted by atomic mass is 10.0. The van der Waals surface area contributed by atoms with Crippen LogP contribution in [0.15, 0.2) is 18.3 Å². The van der Waals surface area contributed by atoms with E-state index in [9.17, 15) is 4.79 Å². The average molecular weight is 249 g/mol. The standard InChI is InChI=1S/C13H19N3O2/c1-18-12-8-10(5-7-15-12)9-16-13(17)11-4-2-3-6-14-11/h5,7-8,11,14H,2-4,6,9H2,1H3,(H,16,17)/t11-/m0/s1. The molecule has 2 heterocycles. The van der Waals surface area contributed by atoms with Crippen molar-refractivity contribution in [3.8, 4) is 5.88 Å². The van der Waals surface area contributed by atoms with E-state index >= 15 is 0 Å². The summed E-state index contributed by atoms with van der Waals surface area (Å²) in [7, 11) is 1.58. The molecule has 0 bridgehead atoms. The van der Waals surface area contributed by atoms with Gasteiger partial charge in [-0.2, -0.15) is 0 Å². The molecule has 0 aromatic carbocycles. The molecule has 1 atom stereocenters. The highest BCUT2D eigenvalue weighted by Gasteiger charge is 2.19. The molecule has 0 saturated carbocycles. The lowest BCUT2D eigenvalue weighted by molar-refractivity contribution is -0.123. The summed E-state index contributed by atoms with van der Waals surface area (Å²) in [5.41, 5.74) is 0.992. The smallest absolute Gasteiger partial charge is 0.237 e. The van der Waals surface area contributed by atoms with Gasteiger partial charge < -0.3 is 15.4 Å². The molecular formula is C13H19N3O2. The van der Waals surface area contributed by atoms with Crippen LogP contribution in [-0.4, -0.2) is 30.6 Å². The Bertz CT molecular complexity index is 403. The molecule has 0 unspecified atom stereocenters. The molecule has 18 heavy (non-hydrogen) atoms. The number of nitrogens with one attached hydrogen (secondary N) is 2. The maximum atomic E-state index is 11.9. The quantitative estimate of drug-likeness (QED) is 0.830. The minimum atomic E-state index is -0.0394. The molecule has 1 amide bonds. The predicted molar refractivity (Wildman–Crippen MR) is 68.3 cm³/mol. The summed E-state index contributed by atoms with van der Waals surface area (Å²) in [4.78, 5) is 15.9. The lowest BCUT2D eigenvalue weighted by Crippen LogP contribution is -2.46. The molecule has 2 rings (SSSR count). The van der Waals surface area contributed by atoms with Gasteiger partial charge in [0.2, 0.25) is 11.8 Å². The van der Waals surface area contributed by atoms with Gasteiger partial charge in [-0.3, -0.25) is 4.79 Å². The number of piperidine rings is 1. The summed E-state index contributed by atoms with van der Waals surface area (Å²) in [6.45, 7) is 1.44. The number of rotatable bonds is 4. The van der Waals surface area contributed by atoms with Crippen LogP contribution in [0.5, 0.6) is 5.88 Å². The Labute approximate surface area is 107 Å². The van der Waals surface area contributed by atoms with Gasteiger partial charge in [0, 0.05) is 18.8 Å². The van der Waals surface area contributed by atoms with Crippen LogP contribution < -0.4 is 15.4 Å². The first kappa shape index (κ1) is 12.8. The van der Waals surface area contributed by atoms with E-state index in [2.05, 4.69) is 15.6 Å². The van der Waals surface area contributed by atoms with E-state index in [0.29, 0.717) is 12.4 Å². The van der Waals surface area contributed by atoms with Crippen LogP contribution in [0.2, 0.25) is 0 Å². The predicted octanol–water partition coefficient (Wildman–Crippen LogP) is 0.848. The number of amides is 1. The van der Waals surface area contributed by atoms with E-state index in [0.717, 1.165) is 31.4 Å². The molecule has 1 saturated heterocycles. The highest BCUT2D eigenvalue weighted by Crippen LogP contribution is 2.09. The SMILES string of the molecule is COc1cc(CNC(=O)[C@@H]2CCCCN2)ccn1. The van der Waals surface area contributed by atoms with Crippen LogP contribution in [0.4, 0.5) is 0 Å². The Hall–Kier alpha value is -1.62. The number of ether oxygens (including phenoxy) is 1. The van der Waals surface area contributed by atoms with E-state index in [1.807, 2.05) is 12.1 Å². The second-order valence-electron chi connectivity index (χ2n) is 4.43. The molecule has 1 aromatic heterocycles. The number of pyridine rings is 1. The molecule has 1 aliphatic rings. The van der Waals surface area contributed by atoms with Crippen molar-refractivity contribution in [2.45, 2.75) is 31.8 Å². The fourth-order valence-corrected chi connectivity index (χ4v) is 2.06. The Morgan fingerprint density at radius 3 is 3.22 bits per heavy atom. The zero-order valence-electron chi connectivity index (χ0n) is 10.6. The second-order valence-corrected chi connectivity index (χ2v) is 4.43. The minimum Gasteiger partial charge on any atom is -0.481 e. The number of carbonyl (C=O) groups is 1. The van der Waals surface area contributed by atoms with Gasteiger partial charge >= 0.3 is 0 Å². The summed E-state index contributed by atoms with van der Waals surface area (Å²) in [5.74, 6) is 0.642. The molecule has 1 aromatic rings. The van der Waals surface area contributed by atoms with Crippen LogP contribution in [0.3, 0.4) is 0 Å². The Kier molecular flexibility index (Phi) is 4.52. The van der Waals surface area contributed by atoms with Gasteiger partial charge in [0.05, 0.1) is 13.2 Å². The third-order valence-electron chi connectivity index (χ3n) is 3.10. The third kappa shape index (κ3) is 3.43. The Morgan fingerprint density at radius 2 is 2.50 bits per heavy atom. The molecule has 0 radical (unpaired) electrons. The number of hydrogen-bond donors (Lipinski definition) is 2. The second kappa shape index (κ2) is 6.35. The molecule has 0 aliphatic carbocycles. The van der Waals surface area contributed by atoms with E-state index in [-0.39, 0.29) is 11.9 Å². The van der Waals surface area contributed by atoms with Gasteiger partial charge in [-0.15, -0.1) is 0 Å². The summed E-state index contributed by atoms with van der Waals surface area (Å²) >= 11 is 0. The largest absolute Gasteiger partial charge is 0.481 e. The summed E-state index contributed by atoms with van der Waals surface area (Å²) in [6, 6.07) is 3.66. The average Bonchev–Trinajstić information content (AvgIpc) is 2.46.